The number of thiazole rings is 1. The molecule has 0 radical (unpaired) electrons. The standard InChI is InChI=1S/C28H29N3O6S/c1-4-6-7-16-37-22-14-10-20(11-15-22)25-24(27(33)36-5-2)18(3)29-28-30(25)26(32)23(38-28)17-19-8-12-21(13-9-19)31(34)35/h8-15,17,25H,4-7,16H2,1-3H3. The second-order valence-electron chi connectivity index (χ2n) is 8.78. The molecule has 2 aromatic carbocycles. The fourth-order valence-electron chi connectivity index (χ4n) is 4.24. The average molecular weight is 536 g/mol. The number of allylic oxidation sites excluding steroid dienone is 1. The summed E-state index contributed by atoms with van der Waals surface area (Å²) in [4.78, 5) is 42.2. The number of nitrogens with zero attached hydrogens (tertiary/aromatic N) is 3. The summed E-state index contributed by atoms with van der Waals surface area (Å²) >= 11 is 1.20. The first-order valence-corrected chi connectivity index (χ1v) is 13.3. The molecule has 1 aliphatic heterocycles. The summed E-state index contributed by atoms with van der Waals surface area (Å²) in [6, 6.07) is 12.6. The summed E-state index contributed by atoms with van der Waals surface area (Å²) in [5, 5.41) is 11.0. The fraction of sp³-hybridized carbons (Fsp3) is 0.321. The molecule has 2 heterocycles. The van der Waals surface area contributed by atoms with Gasteiger partial charge in [-0.25, -0.2) is 9.79 Å². The van der Waals surface area contributed by atoms with Crippen LogP contribution in [-0.4, -0.2) is 28.7 Å². The number of carbonyl (C=O) groups excluding carboxylic acids is 1. The molecule has 1 aromatic heterocycles. The number of carbonyl (C=O) groups is 1. The number of unbranched alkanes of at least 4 members (excludes halogenated alkanes) is 2. The second kappa shape index (κ2) is 12.0. The lowest BCUT2D eigenvalue weighted by atomic mass is 9.96. The van der Waals surface area contributed by atoms with Gasteiger partial charge in [-0.2, -0.15) is 0 Å². The van der Waals surface area contributed by atoms with Crippen LogP contribution in [0.15, 0.2) is 69.6 Å². The van der Waals surface area contributed by atoms with Crippen LogP contribution in [0.25, 0.3) is 6.08 Å². The number of ether oxygens (including phenoxy) is 2. The summed E-state index contributed by atoms with van der Waals surface area (Å²) in [7, 11) is 0. The Morgan fingerprint density at radius 3 is 2.47 bits per heavy atom. The van der Waals surface area contributed by atoms with Crippen molar-refractivity contribution in [3.8, 4) is 5.75 Å². The number of hydrogen-bond donors (Lipinski definition) is 0. The van der Waals surface area contributed by atoms with Gasteiger partial charge in [0.1, 0.15) is 5.75 Å². The number of non-ortho nitro benzene ring substituents is 1. The van der Waals surface area contributed by atoms with E-state index in [1.165, 1.54) is 28.0 Å². The van der Waals surface area contributed by atoms with E-state index in [2.05, 4.69) is 11.9 Å². The predicted octanol–water partition coefficient (Wildman–Crippen LogP) is 4.28. The monoisotopic (exact) mass is 535 g/mol. The highest BCUT2D eigenvalue weighted by Crippen LogP contribution is 2.31. The van der Waals surface area contributed by atoms with Crippen molar-refractivity contribution in [1.82, 2.24) is 4.57 Å². The van der Waals surface area contributed by atoms with Crippen LogP contribution in [0, 0.1) is 10.1 Å². The van der Waals surface area contributed by atoms with Gasteiger partial charge >= 0.3 is 5.97 Å². The summed E-state index contributed by atoms with van der Waals surface area (Å²) in [6.45, 7) is 6.42. The Kier molecular flexibility index (Phi) is 8.52. The third kappa shape index (κ3) is 5.75. The number of benzene rings is 2. The molecule has 1 aliphatic rings. The molecule has 0 N–H and O–H groups in total. The lowest BCUT2D eigenvalue weighted by molar-refractivity contribution is -0.384. The minimum Gasteiger partial charge on any atom is -0.494 e. The fourth-order valence-corrected chi connectivity index (χ4v) is 5.29. The van der Waals surface area contributed by atoms with Gasteiger partial charge in [-0.1, -0.05) is 43.2 Å². The number of rotatable bonds is 10. The van der Waals surface area contributed by atoms with Gasteiger partial charge in [-0.3, -0.25) is 19.5 Å². The molecule has 0 fully saturated rings. The van der Waals surface area contributed by atoms with E-state index in [9.17, 15) is 19.7 Å². The topological polar surface area (TPSA) is 113 Å². The zero-order valence-electron chi connectivity index (χ0n) is 21.5. The van der Waals surface area contributed by atoms with Gasteiger partial charge in [-0.05, 0) is 61.7 Å². The van der Waals surface area contributed by atoms with Gasteiger partial charge in [0, 0.05) is 12.1 Å². The van der Waals surface area contributed by atoms with Crippen molar-refractivity contribution < 1.29 is 19.2 Å². The maximum atomic E-state index is 13.7. The van der Waals surface area contributed by atoms with Gasteiger partial charge in [-0.15, -0.1) is 0 Å². The molecular weight excluding hydrogens is 506 g/mol. The highest BCUT2D eigenvalue weighted by Gasteiger charge is 2.33. The molecule has 1 atom stereocenters. The number of fused-ring (bicyclic) bond motifs is 1. The molecule has 198 valence electrons. The van der Waals surface area contributed by atoms with Crippen LogP contribution in [0.5, 0.6) is 5.75 Å². The van der Waals surface area contributed by atoms with Crippen molar-refractivity contribution in [2.24, 2.45) is 4.99 Å². The van der Waals surface area contributed by atoms with Gasteiger partial charge in [0.15, 0.2) is 4.80 Å². The van der Waals surface area contributed by atoms with E-state index in [-0.39, 0.29) is 17.9 Å². The van der Waals surface area contributed by atoms with E-state index in [4.69, 9.17) is 9.47 Å². The van der Waals surface area contributed by atoms with Crippen LogP contribution >= 0.6 is 11.3 Å². The molecule has 9 nitrogen and oxygen atoms in total. The smallest absolute Gasteiger partial charge is 0.338 e. The number of nitro benzene ring substituents is 1. The third-order valence-electron chi connectivity index (χ3n) is 6.13. The highest BCUT2D eigenvalue weighted by molar-refractivity contribution is 7.07. The Bertz CT molecular complexity index is 1540. The van der Waals surface area contributed by atoms with Crippen molar-refractivity contribution in [2.75, 3.05) is 13.2 Å². The molecule has 1 unspecified atom stereocenters. The van der Waals surface area contributed by atoms with Crippen molar-refractivity contribution >= 4 is 29.1 Å². The molecule has 38 heavy (non-hydrogen) atoms. The van der Waals surface area contributed by atoms with Crippen LogP contribution in [-0.2, 0) is 9.53 Å². The van der Waals surface area contributed by atoms with Crippen molar-refractivity contribution in [1.29, 1.82) is 0 Å². The van der Waals surface area contributed by atoms with Crippen LogP contribution < -0.4 is 19.6 Å². The third-order valence-corrected chi connectivity index (χ3v) is 7.11. The Labute approximate surface area is 223 Å². The molecule has 0 amide bonds. The van der Waals surface area contributed by atoms with Crippen molar-refractivity contribution in [2.45, 2.75) is 46.1 Å². The normalized spacial score (nSPS) is 15.1. The first-order chi connectivity index (χ1) is 18.3. The molecule has 0 spiro atoms. The van der Waals surface area contributed by atoms with E-state index in [1.807, 2.05) is 24.3 Å². The maximum absolute atomic E-state index is 13.7. The summed E-state index contributed by atoms with van der Waals surface area (Å²) in [5.41, 5.74) is 1.81. The van der Waals surface area contributed by atoms with Crippen molar-refractivity contribution in [3.63, 3.8) is 0 Å². The summed E-state index contributed by atoms with van der Waals surface area (Å²) in [5.74, 6) is 0.192. The second-order valence-corrected chi connectivity index (χ2v) is 9.78. The van der Waals surface area contributed by atoms with E-state index in [1.54, 1.807) is 32.1 Å². The molecule has 0 bridgehead atoms. The maximum Gasteiger partial charge on any atom is 0.338 e. The van der Waals surface area contributed by atoms with E-state index in [0.717, 1.165) is 24.8 Å². The molecule has 3 aromatic rings. The number of esters is 1. The number of hydrogen-bond acceptors (Lipinski definition) is 8. The van der Waals surface area contributed by atoms with E-state index in [0.29, 0.717) is 38.5 Å². The van der Waals surface area contributed by atoms with Gasteiger partial charge < -0.3 is 9.47 Å². The first-order valence-electron chi connectivity index (χ1n) is 12.5. The number of aromatic nitrogens is 1. The number of nitro groups is 1. The Balaban J connectivity index is 1.78. The van der Waals surface area contributed by atoms with E-state index >= 15 is 0 Å². The average Bonchev–Trinajstić information content (AvgIpc) is 3.20. The zero-order valence-corrected chi connectivity index (χ0v) is 22.3. The predicted molar refractivity (Wildman–Crippen MR) is 145 cm³/mol. The quantitative estimate of drug-likeness (QED) is 0.166. The SMILES string of the molecule is CCCCCOc1ccc(C2C(C(=O)OCC)=C(C)N=c3sc(=Cc4ccc([N+](=O)[O-])cc4)c(=O)n32)cc1. The van der Waals surface area contributed by atoms with Gasteiger partial charge in [0.05, 0.1) is 40.0 Å². The summed E-state index contributed by atoms with van der Waals surface area (Å²) < 4.78 is 13.1. The molecule has 0 saturated carbocycles. The highest BCUT2D eigenvalue weighted by atomic mass is 32.1. The van der Waals surface area contributed by atoms with Crippen LogP contribution in [0.4, 0.5) is 5.69 Å². The molecule has 0 saturated heterocycles. The minimum absolute atomic E-state index is 0.0314. The Morgan fingerprint density at radius 2 is 1.84 bits per heavy atom. The Morgan fingerprint density at radius 1 is 1.13 bits per heavy atom. The minimum atomic E-state index is -0.724. The van der Waals surface area contributed by atoms with E-state index < -0.39 is 16.9 Å². The van der Waals surface area contributed by atoms with Crippen LogP contribution in [0.2, 0.25) is 0 Å². The Hall–Kier alpha value is -4.05. The molecule has 10 heteroatoms. The molecule has 0 aliphatic carbocycles. The zero-order chi connectivity index (χ0) is 27.2. The van der Waals surface area contributed by atoms with Crippen LogP contribution in [0.3, 0.4) is 0 Å². The molecule has 4 rings (SSSR count). The van der Waals surface area contributed by atoms with Crippen LogP contribution in [0.1, 0.15) is 57.2 Å². The van der Waals surface area contributed by atoms with Crippen molar-refractivity contribution in [3.05, 3.63) is 101 Å². The molecular formula is C28H29N3O6S. The first kappa shape index (κ1) is 27.0. The lowest BCUT2D eigenvalue weighted by Gasteiger charge is -2.24. The van der Waals surface area contributed by atoms with Gasteiger partial charge in [0.2, 0.25) is 0 Å². The summed E-state index contributed by atoms with van der Waals surface area (Å²) in [6.07, 6.45) is 4.85. The van der Waals surface area contributed by atoms with Gasteiger partial charge in [0.25, 0.3) is 11.2 Å². The lowest BCUT2D eigenvalue weighted by Crippen LogP contribution is -2.39. The largest absolute Gasteiger partial charge is 0.494 e.